The molecule has 0 bridgehead atoms. The van der Waals surface area contributed by atoms with Gasteiger partial charge in [-0.25, -0.2) is 4.98 Å². The minimum atomic E-state index is 0.751. The second-order valence-electron chi connectivity index (χ2n) is 7.09. The number of hydrogen-bond acceptors (Lipinski definition) is 6. The van der Waals surface area contributed by atoms with Gasteiger partial charge in [0.05, 0.1) is 0 Å². The third kappa shape index (κ3) is 4.36. The Morgan fingerprint density at radius 2 is 1.56 bits per heavy atom. The van der Waals surface area contributed by atoms with Crippen molar-refractivity contribution >= 4 is 18.2 Å². The Balaban J connectivity index is 1.34. The Morgan fingerprint density at radius 3 is 2.26 bits per heavy atom. The zero-order valence-electron chi connectivity index (χ0n) is 15.6. The molecule has 0 spiro atoms. The van der Waals surface area contributed by atoms with Crippen LogP contribution in [0.2, 0.25) is 0 Å². The van der Waals surface area contributed by atoms with Gasteiger partial charge in [-0.15, -0.1) is 0 Å². The number of aromatic nitrogens is 2. The van der Waals surface area contributed by atoms with E-state index in [9.17, 15) is 4.79 Å². The van der Waals surface area contributed by atoms with Crippen molar-refractivity contribution in [3.63, 3.8) is 0 Å². The highest BCUT2D eigenvalue weighted by Crippen LogP contribution is 2.18. The van der Waals surface area contributed by atoms with Crippen molar-refractivity contribution < 1.29 is 4.79 Å². The molecular formula is C20H26N6O. The van der Waals surface area contributed by atoms with Crippen molar-refractivity contribution in [2.24, 2.45) is 0 Å². The van der Waals surface area contributed by atoms with E-state index in [1.165, 1.54) is 5.56 Å². The lowest BCUT2D eigenvalue weighted by Gasteiger charge is -2.36. The molecule has 2 fully saturated rings. The predicted molar refractivity (Wildman–Crippen MR) is 106 cm³/mol. The highest BCUT2D eigenvalue weighted by Gasteiger charge is 2.21. The Bertz CT molecular complexity index is 739. The summed E-state index contributed by atoms with van der Waals surface area (Å²) in [4.78, 5) is 29.0. The van der Waals surface area contributed by atoms with Gasteiger partial charge in [0.1, 0.15) is 5.82 Å². The predicted octanol–water partition coefficient (Wildman–Crippen LogP) is 1.08. The molecule has 7 nitrogen and oxygen atoms in total. The second kappa shape index (κ2) is 8.35. The highest BCUT2D eigenvalue weighted by atomic mass is 16.1. The SMILES string of the molecule is O=CN1CCN(c2ccnc(N3CCN(Cc4ccccc4)CC3)n2)CC1. The maximum absolute atomic E-state index is 10.9. The van der Waals surface area contributed by atoms with Gasteiger partial charge < -0.3 is 14.7 Å². The van der Waals surface area contributed by atoms with Crippen LogP contribution in [0.5, 0.6) is 0 Å². The first-order valence-corrected chi connectivity index (χ1v) is 9.60. The van der Waals surface area contributed by atoms with E-state index < -0.39 is 0 Å². The van der Waals surface area contributed by atoms with E-state index in [0.29, 0.717) is 0 Å². The average Bonchev–Trinajstić information content (AvgIpc) is 2.75. The van der Waals surface area contributed by atoms with Crippen LogP contribution in [-0.2, 0) is 11.3 Å². The first-order valence-electron chi connectivity index (χ1n) is 9.60. The molecule has 142 valence electrons. The van der Waals surface area contributed by atoms with Gasteiger partial charge >= 0.3 is 0 Å². The minimum absolute atomic E-state index is 0.751. The summed E-state index contributed by atoms with van der Waals surface area (Å²) in [7, 11) is 0. The first-order chi connectivity index (χ1) is 13.3. The molecule has 0 radical (unpaired) electrons. The van der Waals surface area contributed by atoms with Gasteiger partial charge in [-0.2, -0.15) is 4.98 Å². The molecule has 2 aliphatic heterocycles. The standard InChI is InChI=1S/C20H26N6O/c27-17-24-10-12-25(13-11-24)19-6-7-21-20(22-19)26-14-8-23(9-15-26)16-18-4-2-1-3-5-18/h1-7,17H,8-16H2. The van der Waals surface area contributed by atoms with E-state index in [4.69, 9.17) is 4.98 Å². The maximum Gasteiger partial charge on any atom is 0.227 e. The van der Waals surface area contributed by atoms with E-state index in [1.54, 1.807) is 0 Å². The molecule has 1 aromatic carbocycles. The summed E-state index contributed by atoms with van der Waals surface area (Å²) in [5, 5.41) is 0. The summed E-state index contributed by atoms with van der Waals surface area (Å²) in [6.07, 6.45) is 2.78. The molecule has 0 N–H and O–H groups in total. The number of benzene rings is 1. The third-order valence-electron chi connectivity index (χ3n) is 5.32. The lowest BCUT2D eigenvalue weighted by molar-refractivity contribution is -0.118. The molecule has 0 aliphatic carbocycles. The molecule has 2 saturated heterocycles. The van der Waals surface area contributed by atoms with Crippen molar-refractivity contribution in [3.05, 3.63) is 48.2 Å². The van der Waals surface area contributed by atoms with E-state index in [0.717, 1.165) is 77.1 Å². The molecule has 1 aromatic heterocycles. The highest BCUT2D eigenvalue weighted by molar-refractivity contribution is 5.50. The zero-order chi connectivity index (χ0) is 18.5. The molecule has 0 atom stereocenters. The topological polar surface area (TPSA) is 55.8 Å². The van der Waals surface area contributed by atoms with Crippen LogP contribution in [-0.4, -0.2) is 78.5 Å². The summed E-state index contributed by atoms with van der Waals surface area (Å²) in [5.74, 6) is 1.77. The third-order valence-corrected chi connectivity index (χ3v) is 5.32. The summed E-state index contributed by atoms with van der Waals surface area (Å²) in [5.41, 5.74) is 1.36. The Labute approximate surface area is 160 Å². The number of carbonyl (C=O) groups excluding carboxylic acids is 1. The normalized spacial score (nSPS) is 18.6. The monoisotopic (exact) mass is 366 g/mol. The molecule has 3 heterocycles. The molecule has 0 unspecified atom stereocenters. The Hall–Kier alpha value is -2.67. The second-order valence-corrected chi connectivity index (χ2v) is 7.09. The lowest BCUT2D eigenvalue weighted by atomic mass is 10.2. The minimum Gasteiger partial charge on any atom is -0.353 e. The summed E-state index contributed by atoms with van der Waals surface area (Å²) >= 11 is 0. The number of nitrogens with zero attached hydrogens (tertiary/aromatic N) is 6. The van der Waals surface area contributed by atoms with Gasteiger partial charge in [-0.05, 0) is 11.6 Å². The van der Waals surface area contributed by atoms with Gasteiger partial charge in [0.15, 0.2) is 0 Å². The van der Waals surface area contributed by atoms with Crippen molar-refractivity contribution in [3.8, 4) is 0 Å². The Kier molecular flexibility index (Phi) is 5.48. The molecule has 0 saturated carbocycles. The van der Waals surface area contributed by atoms with Gasteiger partial charge in [0.2, 0.25) is 12.4 Å². The summed E-state index contributed by atoms with van der Waals surface area (Å²) < 4.78 is 0. The number of piperazine rings is 2. The van der Waals surface area contributed by atoms with Crippen LogP contribution >= 0.6 is 0 Å². The molecule has 27 heavy (non-hydrogen) atoms. The molecule has 4 rings (SSSR count). The van der Waals surface area contributed by atoms with Gasteiger partial charge in [0, 0.05) is 65.1 Å². The van der Waals surface area contributed by atoms with Gasteiger partial charge in [-0.3, -0.25) is 9.69 Å². The maximum atomic E-state index is 10.9. The van der Waals surface area contributed by atoms with Crippen molar-refractivity contribution in [1.82, 2.24) is 19.8 Å². The van der Waals surface area contributed by atoms with Gasteiger partial charge in [0.25, 0.3) is 0 Å². The van der Waals surface area contributed by atoms with Crippen LogP contribution in [0.3, 0.4) is 0 Å². The quantitative estimate of drug-likeness (QED) is 0.738. The van der Waals surface area contributed by atoms with Crippen molar-refractivity contribution in [1.29, 1.82) is 0 Å². The smallest absolute Gasteiger partial charge is 0.227 e. The molecular weight excluding hydrogens is 340 g/mol. The number of anilines is 2. The number of hydrogen-bond donors (Lipinski definition) is 0. The van der Waals surface area contributed by atoms with Crippen LogP contribution in [0.25, 0.3) is 0 Å². The fourth-order valence-corrected chi connectivity index (χ4v) is 3.67. The van der Waals surface area contributed by atoms with E-state index in [1.807, 2.05) is 17.2 Å². The molecule has 7 heteroatoms. The Morgan fingerprint density at radius 1 is 0.852 bits per heavy atom. The van der Waals surface area contributed by atoms with Crippen LogP contribution < -0.4 is 9.80 Å². The first kappa shape index (κ1) is 17.7. The number of amides is 1. The average molecular weight is 366 g/mol. The van der Waals surface area contributed by atoms with Crippen LogP contribution in [0.15, 0.2) is 42.6 Å². The zero-order valence-corrected chi connectivity index (χ0v) is 15.6. The number of rotatable bonds is 5. The van der Waals surface area contributed by atoms with Crippen LogP contribution in [0, 0.1) is 0 Å². The summed E-state index contributed by atoms with van der Waals surface area (Å²) in [6.45, 7) is 8.05. The van der Waals surface area contributed by atoms with Crippen molar-refractivity contribution in [2.45, 2.75) is 6.54 Å². The van der Waals surface area contributed by atoms with Crippen LogP contribution in [0.4, 0.5) is 11.8 Å². The molecule has 1 amide bonds. The fourth-order valence-electron chi connectivity index (χ4n) is 3.67. The molecule has 2 aromatic rings. The van der Waals surface area contributed by atoms with Gasteiger partial charge in [-0.1, -0.05) is 30.3 Å². The van der Waals surface area contributed by atoms with E-state index in [-0.39, 0.29) is 0 Å². The molecule has 2 aliphatic rings. The van der Waals surface area contributed by atoms with Crippen molar-refractivity contribution in [2.75, 3.05) is 62.2 Å². The van der Waals surface area contributed by atoms with Crippen LogP contribution in [0.1, 0.15) is 5.56 Å². The number of carbonyl (C=O) groups is 1. The van der Waals surface area contributed by atoms with E-state index in [2.05, 4.69) is 50.0 Å². The fraction of sp³-hybridized carbons (Fsp3) is 0.450. The summed E-state index contributed by atoms with van der Waals surface area (Å²) in [6, 6.07) is 12.6. The lowest BCUT2D eigenvalue weighted by Crippen LogP contribution is -2.47. The largest absolute Gasteiger partial charge is 0.353 e. The van der Waals surface area contributed by atoms with E-state index >= 15 is 0 Å².